The number of aryl methyl sites for hydroxylation is 2. The number of halogens is 2. The summed E-state index contributed by atoms with van der Waals surface area (Å²) in [5.41, 5.74) is 2.53. The monoisotopic (exact) mass is 510 g/mol. The van der Waals surface area contributed by atoms with Crippen LogP contribution < -0.4 is 20.1 Å². The van der Waals surface area contributed by atoms with Crippen LogP contribution >= 0.6 is 0 Å². The van der Waals surface area contributed by atoms with E-state index in [4.69, 9.17) is 20.0 Å². The number of ether oxygens (including phenoxy) is 2. The fourth-order valence-corrected chi connectivity index (χ4v) is 3.41. The molecule has 4 aromatic rings. The van der Waals surface area contributed by atoms with Crippen molar-refractivity contribution in [2.45, 2.75) is 13.8 Å². The molecule has 4 aromatic carbocycles. The molecule has 0 saturated heterocycles. The van der Waals surface area contributed by atoms with Crippen molar-refractivity contribution < 1.29 is 23.0 Å². The first kappa shape index (κ1) is 25.7. The van der Waals surface area contributed by atoms with Crippen molar-refractivity contribution in [3.63, 3.8) is 0 Å². The fraction of sp³-hybridized carbons (Fsp3) is 0.0690. The molecule has 0 aliphatic rings. The van der Waals surface area contributed by atoms with Gasteiger partial charge in [-0.15, -0.1) is 0 Å². The molecule has 0 bridgehead atoms. The van der Waals surface area contributed by atoms with Gasteiger partial charge in [-0.25, -0.2) is 13.6 Å². The van der Waals surface area contributed by atoms with Gasteiger partial charge in [-0.2, -0.15) is 10.5 Å². The molecule has 2 amide bonds. The normalized spacial score (nSPS) is 10.2. The van der Waals surface area contributed by atoms with Crippen molar-refractivity contribution in [3.8, 4) is 35.1 Å². The lowest BCUT2D eigenvalue weighted by molar-refractivity contribution is 0.262. The van der Waals surface area contributed by atoms with Gasteiger partial charge in [0.1, 0.15) is 11.5 Å². The van der Waals surface area contributed by atoms with E-state index in [1.807, 2.05) is 12.1 Å². The van der Waals surface area contributed by atoms with E-state index >= 15 is 0 Å². The molecule has 0 aliphatic heterocycles. The second kappa shape index (κ2) is 11.1. The van der Waals surface area contributed by atoms with Gasteiger partial charge in [0, 0.05) is 23.5 Å². The Morgan fingerprint density at radius 3 is 1.45 bits per heavy atom. The Bertz CT molecular complexity index is 1500. The third-order valence-corrected chi connectivity index (χ3v) is 5.45. The molecule has 4 rings (SSSR count). The van der Waals surface area contributed by atoms with Crippen LogP contribution in [0, 0.1) is 48.1 Å². The summed E-state index contributed by atoms with van der Waals surface area (Å²) < 4.78 is 39.9. The Morgan fingerprint density at radius 1 is 0.658 bits per heavy atom. The Balaban J connectivity index is 1.46. The molecule has 38 heavy (non-hydrogen) atoms. The number of nitrogens with zero attached hydrogens (tertiary/aromatic N) is 2. The van der Waals surface area contributed by atoms with E-state index in [2.05, 4.69) is 10.6 Å². The van der Waals surface area contributed by atoms with Crippen LogP contribution in [0.5, 0.6) is 23.0 Å². The average molecular weight is 511 g/mol. The van der Waals surface area contributed by atoms with Crippen LogP contribution in [0.4, 0.5) is 25.0 Å². The second-order valence-corrected chi connectivity index (χ2v) is 8.26. The van der Waals surface area contributed by atoms with Crippen molar-refractivity contribution >= 4 is 17.4 Å². The predicted molar refractivity (Wildman–Crippen MR) is 137 cm³/mol. The summed E-state index contributed by atoms with van der Waals surface area (Å²) in [6, 6.07) is 20.7. The zero-order chi connectivity index (χ0) is 27.2. The molecular formula is C29H20F2N4O3. The Kier molecular flexibility index (Phi) is 7.50. The van der Waals surface area contributed by atoms with Crippen LogP contribution in [-0.4, -0.2) is 6.03 Å². The van der Waals surface area contributed by atoms with E-state index in [-0.39, 0.29) is 22.6 Å². The molecule has 0 aromatic heterocycles. The SMILES string of the molecule is Cc1ccc(NC(=O)Nc2ccc(C)c(Oc3ccc(C#N)cc3F)c2)cc1Oc1ccc(C#N)cc1F. The summed E-state index contributed by atoms with van der Waals surface area (Å²) in [6.45, 7) is 3.54. The first-order chi connectivity index (χ1) is 18.2. The van der Waals surface area contributed by atoms with E-state index < -0.39 is 17.7 Å². The first-order valence-electron chi connectivity index (χ1n) is 11.3. The molecule has 7 nitrogen and oxygen atoms in total. The van der Waals surface area contributed by atoms with Gasteiger partial charge in [0.2, 0.25) is 0 Å². The molecule has 0 radical (unpaired) electrons. The number of amides is 2. The number of rotatable bonds is 6. The minimum absolute atomic E-state index is 0.0559. The largest absolute Gasteiger partial charge is 0.454 e. The summed E-state index contributed by atoms with van der Waals surface area (Å²) in [7, 11) is 0. The topological polar surface area (TPSA) is 107 Å². The predicted octanol–water partition coefficient (Wildman–Crippen LogP) is 7.55. The Hall–Kier alpha value is -5.41. The highest BCUT2D eigenvalue weighted by Gasteiger charge is 2.12. The fourth-order valence-electron chi connectivity index (χ4n) is 3.41. The molecule has 0 heterocycles. The van der Waals surface area contributed by atoms with Gasteiger partial charge in [-0.05, 0) is 73.5 Å². The van der Waals surface area contributed by atoms with Crippen LogP contribution in [0.1, 0.15) is 22.3 Å². The number of carbonyl (C=O) groups is 1. The van der Waals surface area contributed by atoms with E-state index in [0.29, 0.717) is 34.0 Å². The van der Waals surface area contributed by atoms with Crippen molar-refractivity contribution in [2.75, 3.05) is 10.6 Å². The number of carbonyl (C=O) groups excluding carboxylic acids is 1. The van der Waals surface area contributed by atoms with Gasteiger partial charge in [-0.3, -0.25) is 0 Å². The average Bonchev–Trinajstić information content (AvgIpc) is 2.90. The van der Waals surface area contributed by atoms with Gasteiger partial charge < -0.3 is 20.1 Å². The zero-order valence-electron chi connectivity index (χ0n) is 20.3. The van der Waals surface area contributed by atoms with Crippen LogP contribution in [0.3, 0.4) is 0 Å². The second-order valence-electron chi connectivity index (χ2n) is 8.26. The minimum atomic E-state index is -0.683. The minimum Gasteiger partial charge on any atom is -0.454 e. The molecule has 0 atom stereocenters. The van der Waals surface area contributed by atoms with E-state index in [1.54, 1.807) is 50.2 Å². The Labute approximate surface area is 217 Å². The van der Waals surface area contributed by atoms with Gasteiger partial charge in [0.25, 0.3) is 0 Å². The zero-order valence-corrected chi connectivity index (χ0v) is 20.3. The molecule has 0 spiro atoms. The van der Waals surface area contributed by atoms with Crippen molar-refractivity contribution in [3.05, 3.63) is 107 Å². The summed E-state index contributed by atoms with van der Waals surface area (Å²) in [5, 5.41) is 23.2. The summed E-state index contributed by atoms with van der Waals surface area (Å²) in [6.07, 6.45) is 0. The first-order valence-corrected chi connectivity index (χ1v) is 11.3. The molecule has 2 N–H and O–H groups in total. The van der Waals surface area contributed by atoms with Crippen molar-refractivity contribution in [1.29, 1.82) is 10.5 Å². The highest BCUT2D eigenvalue weighted by atomic mass is 19.1. The van der Waals surface area contributed by atoms with Gasteiger partial charge in [0.15, 0.2) is 23.1 Å². The third kappa shape index (κ3) is 6.04. The van der Waals surface area contributed by atoms with Crippen LogP contribution in [0.2, 0.25) is 0 Å². The quantitative estimate of drug-likeness (QED) is 0.278. The van der Waals surface area contributed by atoms with Crippen molar-refractivity contribution in [1.82, 2.24) is 0 Å². The van der Waals surface area contributed by atoms with Gasteiger partial charge in [-0.1, -0.05) is 12.1 Å². The lowest BCUT2D eigenvalue weighted by Gasteiger charge is -2.14. The molecular weight excluding hydrogens is 490 g/mol. The number of benzene rings is 4. The highest BCUT2D eigenvalue weighted by Crippen LogP contribution is 2.32. The maximum absolute atomic E-state index is 14.3. The third-order valence-electron chi connectivity index (χ3n) is 5.45. The molecule has 0 unspecified atom stereocenters. The lowest BCUT2D eigenvalue weighted by Crippen LogP contribution is -2.19. The van der Waals surface area contributed by atoms with Crippen LogP contribution in [0.15, 0.2) is 72.8 Å². The number of hydrogen-bond donors (Lipinski definition) is 2. The van der Waals surface area contributed by atoms with Gasteiger partial charge in [0.05, 0.1) is 23.3 Å². The summed E-state index contributed by atoms with van der Waals surface area (Å²) in [5.74, 6) is -0.835. The molecule has 0 aliphatic carbocycles. The molecule has 0 saturated carbocycles. The van der Waals surface area contributed by atoms with Crippen molar-refractivity contribution in [2.24, 2.45) is 0 Å². The number of anilines is 2. The van der Waals surface area contributed by atoms with E-state index in [0.717, 1.165) is 12.1 Å². The number of nitrogens with one attached hydrogen (secondary N) is 2. The number of urea groups is 1. The van der Waals surface area contributed by atoms with Gasteiger partial charge >= 0.3 is 6.03 Å². The number of hydrogen-bond acceptors (Lipinski definition) is 5. The maximum atomic E-state index is 14.3. The molecule has 0 fully saturated rings. The smallest absolute Gasteiger partial charge is 0.323 e. The molecule has 188 valence electrons. The maximum Gasteiger partial charge on any atom is 0.323 e. The summed E-state index contributed by atoms with van der Waals surface area (Å²) in [4.78, 5) is 12.7. The van der Waals surface area contributed by atoms with Crippen LogP contribution in [0.25, 0.3) is 0 Å². The Morgan fingerprint density at radius 2 is 1.08 bits per heavy atom. The summed E-state index contributed by atoms with van der Waals surface area (Å²) >= 11 is 0. The highest BCUT2D eigenvalue weighted by molar-refractivity contribution is 6.00. The van der Waals surface area contributed by atoms with E-state index in [1.165, 1.54) is 24.3 Å². The standard InChI is InChI=1S/C29H20F2N4O3/c1-17-3-7-21(13-27(17)37-25-9-5-19(15-32)11-23(25)30)34-29(36)35-22-8-4-18(2)28(14-22)38-26-10-6-20(16-33)12-24(26)31/h3-14H,1-2H3,(H2,34,35,36). The van der Waals surface area contributed by atoms with E-state index in [9.17, 15) is 13.6 Å². The lowest BCUT2D eigenvalue weighted by atomic mass is 10.2. The van der Waals surface area contributed by atoms with Crippen LogP contribution in [-0.2, 0) is 0 Å². The molecule has 9 heteroatoms. The number of nitriles is 2.